The molecule has 0 atom stereocenters. The highest BCUT2D eigenvalue weighted by atomic mass is 16.2. The van der Waals surface area contributed by atoms with Crippen molar-refractivity contribution >= 4 is 17.4 Å². The number of hydrogen-bond acceptors (Lipinski definition) is 4. The summed E-state index contributed by atoms with van der Waals surface area (Å²) in [5.41, 5.74) is 6.37. The van der Waals surface area contributed by atoms with Crippen LogP contribution in [0.15, 0.2) is 18.3 Å². The van der Waals surface area contributed by atoms with Crippen LogP contribution in [-0.2, 0) is 4.79 Å². The Morgan fingerprint density at radius 1 is 1.53 bits per heavy atom. The van der Waals surface area contributed by atoms with Gasteiger partial charge in [0.1, 0.15) is 5.82 Å². The molecular weight excluding hydrogens is 216 g/mol. The molecule has 1 heterocycles. The minimum Gasteiger partial charge on any atom is -0.384 e. The molecule has 17 heavy (non-hydrogen) atoms. The zero-order valence-corrected chi connectivity index (χ0v) is 10.6. The van der Waals surface area contributed by atoms with E-state index in [-0.39, 0.29) is 5.91 Å². The van der Waals surface area contributed by atoms with Crippen molar-refractivity contribution < 1.29 is 4.79 Å². The number of rotatable bonds is 5. The molecule has 5 nitrogen and oxygen atoms in total. The van der Waals surface area contributed by atoms with Gasteiger partial charge in [-0.2, -0.15) is 0 Å². The molecule has 3 N–H and O–H groups in total. The van der Waals surface area contributed by atoms with Crippen LogP contribution in [0, 0.1) is 5.92 Å². The molecule has 0 bridgehead atoms. The van der Waals surface area contributed by atoms with Gasteiger partial charge < -0.3 is 16.0 Å². The zero-order chi connectivity index (χ0) is 12.8. The number of anilines is 2. The summed E-state index contributed by atoms with van der Waals surface area (Å²) in [4.78, 5) is 17.4. The van der Waals surface area contributed by atoms with E-state index < -0.39 is 0 Å². The van der Waals surface area contributed by atoms with Gasteiger partial charge in [0.05, 0.1) is 18.4 Å². The van der Waals surface area contributed by atoms with E-state index in [0.29, 0.717) is 24.8 Å². The van der Waals surface area contributed by atoms with E-state index >= 15 is 0 Å². The third kappa shape index (κ3) is 4.72. The predicted octanol–water partition coefficient (Wildman–Crippen LogP) is 0.872. The van der Waals surface area contributed by atoms with Crippen molar-refractivity contribution in [2.75, 3.05) is 30.8 Å². The van der Waals surface area contributed by atoms with Gasteiger partial charge >= 0.3 is 0 Å². The average molecular weight is 236 g/mol. The van der Waals surface area contributed by atoms with Gasteiger partial charge in [-0.3, -0.25) is 4.79 Å². The topological polar surface area (TPSA) is 71.2 Å². The lowest BCUT2D eigenvalue weighted by molar-refractivity contribution is -0.119. The van der Waals surface area contributed by atoms with Crippen molar-refractivity contribution in [3.63, 3.8) is 0 Å². The van der Waals surface area contributed by atoms with E-state index in [9.17, 15) is 4.79 Å². The summed E-state index contributed by atoms with van der Waals surface area (Å²) in [6.07, 6.45) is 1.66. The normalized spacial score (nSPS) is 10.4. The van der Waals surface area contributed by atoms with E-state index in [1.54, 1.807) is 12.3 Å². The molecule has 0 aliphatic carbocycles. The molecule has 0 radical (unpaired) electrons. The van der Waals surface area contributed by atoms with Gasteiger partial charge in [0.2, 0.25) is 5.91 Å². The SMILES string of the molecule is CC(C)CNC(=O)CN(C)c1ccc(N)nc1. The molecule has 0 saturated carbocycles. The summed E-state index contributed by atoms with van der Waals surface area (Å²) in [7, 11) is 1.85. The first-order valence-corrected chi connectivity index (χ1v) is 5.68. The fraction of sp³-hybridized carbons (Fsp3) is 0.500. The highest BCUT2D eigenvalue weighted by Crippen LogP contribution is 2.11. The highest BCUT2D eigenvalue weighted by molar-refractivity contribution is 5.81. The van der Waals surface area contributed by atoms with Crippen LogP contribution in [-0.4, -0.2) is 31.0 Å². The lowest BCUT2D eigenvalue weighted by atomic mass is 10.2. The summed E-state index contributed by atoms with van der Waals surface area (Å²) in [6.45, 7) is 5.15. The number of carbonyl (C=O) groups is 1. The molecule has 1 rings (SSSR count). The molecule has 1 aromatic rings. The molecule has 0 unspecified atom stereocenters. The molecule has 1 aromatic heterocycles. The molecule has 0 spiro atoms. The number of amides is 1. The summed E-state index contributed by atoms with van der Waals surface area (Å²) >= 11 is 0. The Morgan fingerprint density at radius 2 is 2.24 bits per heavy atom. The van der Waals surface area contributed by atoms with Crippen LogP contribution in [0.5, 0.6) is 0 Å². The molecule has 0 aliphatic rings. The van der Waals surface area contributed by atoms with E-state index in [1.165, 1.54) is 0 Å². The maximum absolute atomic E-state index is 11.6. The first-order chi connectivity index (χ1) is 7.99. The van der Waals surface area contributed by atoms with Crippen LogP contribution < -0.4 is 16.0 Å². The number of nitrogens with one attached hydrogen (secondary N) is 1. The maximum atomic E-state index is 11.6. The number of nitrogen functional groups attached to an aromatic ring is 1. The fourth-order valence-electron chi connectivity index (χ4n) is 1.30. The Balaban J connectivity index is 2.46. The third-order valence-electron chi connectivity index (χ3n) is 2.30. The van der Waals surface area contributed by atoms with E-state index in [2.05, 4.69) is 24.1 Å². The van der Waals surface area contributed by atoms with E-state index in [0.717, 1.165) is 5.69 Å². The Morgan fingerprint density at radius 3 is 2.76 bits per heavy atom. The molecular formula is C12H20N4O. The Bertz CT molecular complexity index is 361. The summed E-state index contributed by atoms with van der Waals surface area (Å²) < 4.78 is 0. The van der Waals surface area contributed by atoms with Gasteiger partial charge in [0.25, 0.3) is 0 Å². The van der Waals surface area contributed by atoms with Gasteiger partial charge in [0, 0.05) is 13.6 Å². The van der Waals surface area contributed by atoms with E-state index in [1.807, 2.05) is 18.0 Å². The average Bonchev–Trinajstić information content (AvgIpc) is 2.27. The minimum atomic E-state index is 0.0121. The van der Waals surface area contributed by atoms with Crippen molar-refractivity contribution in [1.29, 1.82) is 0 Å². The van der Waals surface area contributed by atoms with Crippen LogP contribution in [0.3, 0.4) is 0 Å². The summed E-state index contributed by atoms with van der Waals surface area (Å²) in [6, 6.07) is 3.57. The Hall–Kier alpha value is -1.78. The second-order valence-corrected chi connectivity index (χ2v) is 4.50. The van der Waals surface area contributed by atoms with Crippen LogP contribution in [0.25, 0.3) is 0 Å². The predicted molar refractivity (Wildman–Crippen MR) is 69.8 cm³/mol. The number of nitrogens with two attached hydrogens (primary N) is 1. The third-order valence-corrected chi connectivity index (χ3v) is 2.30. The molecule has 5 heteroatoms. The van der Waals surface area contributed by atoms with Crippen molar-refractivity contribution in [2.24, 2.45) is 5.92 Å². The Kier molecular flexibility index (Phi) is 4.75. The van der Waals surface area contributed by atoms with E-state index in [4.69, 9.17) is 5.73 Å². The van der Waals surface area contributed by atoms with Crippen molar-refractivity contribution in [3.05, 3.63) is 18.3 Å². The maximum Gasteiger partial charge on any atom is 0.239 e. The van der Waals surface area contributed by atoms with Gasteiger partial charge in [-0.15, -0.1) is 0 Å². The fourth-order valence-corrected chi connectivity index (χ4v) is 1.30. The number of nitrogens with zero attached hydrogens (tertiary/aromatic N) is 2. The number of carbonyl (C=O) groups excluding carboxylic acids is 1. The molecule has 94 valence electrons. The first kappa shape index (κ1) is 13.3. The monoisotopic (exact) mass is 236 g/mol. The Labute approximate surface area is 102 Å². The smallest absolute Gasteiger partial charge is 0.239 e. The van der Waals surface area contributed by atoms with Crippen molar-refractivity contribution in [2.45, 2.75) is 13.8 Å². The highest BCUT2D eigenvalue weighted by Gasteiger charge is 2.07. The van der Waals surface area contributed by atoms with Crippen LogP contribution in [0.2, 0.25) is 0 Å². The van der Waals surface area contributed by atoms with Crippen LogP contribution >= 0.6 is 0 Å². The lowest BCUT2D eigenvalue weighted by Gasteiger charge is -2.18. The largest absolute Gasteiger partial charge is 0.384 e. The molecule has 0 aliphatic heterocycles. The molecule has 0 saturated heterocycles. The van der Waals surface area contributed by atoms with Crippen molar-refractivity contribution in [3.8, 4) is 0 Å². The molecule has 1 amide bonds. The molecule has 0 aromatic carbocycles. The number of hydrogen-bond donors (Lipinski definition) is 2. The number of aromatic nitrogens is 1. The van der Waals surface area contributed by atoms with Gasteiger partial charge in [-0.05, 0) is 18.1 Å². The quantitative estimate of drug-likeness (QED) is 0.796. The summed E-state index contributed by atoms with van der Waals surface area (Å²) in [5, 5.41) is 2.87. The van der Waals surface area contributed by atoms with Gasteiger partial charge in [0.15, 0.2) is 0 Å². The number of likely N-dealkylation sites (N-methyl/N-ethyl adjacent to an activating group) is 1. The lowest BCUT2D eigenvalue weighted by Crippen LogP contribution is -2.36. The minimum absolute atomic E-state index is 0.0121. The second-order valence-electron chi connectivity index (χ2n) is 4.50. The number of pyridine rings is 1. The second kappa shape index (κ2) is 6.08. The zero-order valence-electron chi connectivity index (χ0n) is 10.6. The first-order valence-electron chi connectivity index (χ1n) is 5.68. The van der Waals surface area contributed by atoms with Gasteiger partial charge in [-0.25, -0.2) is 4.98 Å². The standard InChI is InChI=1S/C12H20N4O/c1-9(2)6-15-12(17)8-16(3)10-4-5-11(13)14-7-10/h4-5,7,9H,6,8H2,1-3H3,(H2,13,14)(H,15,17). The summed E-state index contributed by atoms with van der Waals surface area (Å²) in [5.74, 6) is 0.951. The van der Waals surface area contributed by atoms with Crippen LogP contribution in [0.4, 0.5) is 11.5 Å². The molecule has 0 fully saturated rings. The van der Waals surface area contributed by atoms with Gasteiger partial charge in [-0.1, -0.05) is 13.8 Å². The van der Waals surface area contributed by atoms with Crippen LogP contribution in [0.1, 0.15) is 13.8 Å². The van der Waals surface area contributed by atoms with Crippen molar-refractivity contribution in [1.82, 2.24) is 10.3 Å².